The van der Waals surface area contributed by atoms with Crippen LogP contribution in [0.25, 0.3) is 0 Å². The zero-order valence-corrected chi connectivity index (χ0v) is 15.2. The molecule has 26 heavy (non-hydrogen) atoms. The van der Waals surface area contributed by atoms with E-state index in [1.165, 1.54) is 24.1 Å². The number of halogens is 1. The van der Waals surface area contributed by atoms with Gasteiger partial charge in [0.05, 0.1) is 0 Å². The van der Waals surface area contributed by atoms with E-state index in [-0.39, 0.29) is 30.8 Å². The molecule has 0 bridgehead atoms. The molecule has 0 saturated carbocycles. The molecule has 1 atom stereocenters. The number of hydrogen-bond donors (Lipinski definition) is 1. The monoisotopic (exact) mass is 358 g/mol. The summed E-state index contributed by atoms with van der Waals surface area (Å²) >= 11 is 0. The minimum absolute atomic E-state index is 0.185. The molecule has 2 aromatic carbocycles. The first-order valence-electron chi connectivity index (χ1n) is 8.35. The highest BCUT2D eigenvalue weighted by molar-refractivity contribution is 5.87. The fourth-order valence-corrected chi connectivity index (χ4v) is 2.44. The van der Waals surface area contributed by atoms with Crippen LogP contribution in [0.3, 0.4) is 0 Å². The van der Waals surface area contributed by atoms with Gasteiger partial charge in [-0.2, -0.15) is 0 Å². The molecule has 0 aliphatic heterocycles. The Morgan fingerprint density at radius 2 is 1.73 bits per heavy atom. The topological polar surface area (TPSA) is 58.6 Å². The molecule has 0 spiro atoms. The van der Waals surface area contributed by atoms with Crippen molar-refractivity contribution in [2.45, 2.75) is 26.4 Å². The second-order valence-electron chi connectivity index (χ2n) is 6.04. The average Bonchev–Trinajstić information content (AvgIpc) is 2.65. The van der Waals surface area contributed by atoms with Crippen molar-refractivity contribution in [3.05, 3.63) is 65.5 Å². The third-order valence-electron chi connectivity index (χ3n) is 4.06. The van der Waals surface area contributed by atoms with E-state index in [2.05, 4.69) is 5.32 Å². The molecule has 2 rings (SSSR count). The lowest BCUT2D eigenvalue weighted by molar-refractivity contribution is -0.142. The quantitative estimate of drug-likeness (QED) is 0.828. The maximum absolute atomic E-state index is 13.1. The van der Waals surface area contributed by atoms with Crippen LogP contribution in [-0.2, 0) is 16.1 Å². The van der Waals surface area contributed by atoms with Crippen molar-refractivity contribution < 1.29 is 18.7 Å². The van der Waals surface area contributed by atoms with E-state index < -0.39 is 6.04 Å². The molecule has 2 amide bonds. The van der Waals surface area contributed by atoms with Gasteiger partial charge in [0.15, 0.2) is 6.61 Å². The first-order valence-corrected chi connectivity index (χ1v) is 8.35. The van der Waals surface area contributed by atoms with E-state index in [1.807, 2.05) is 19.1 Å². The zero-order valence-electron chi connectivity index (χ0n) is 15.2. The molecule has 2 aromatic rings. The number of benzene rings is 2. The number of aryl methyl sites for hydroxylation is 1. The number of nitrogens with zero attached hydrogens (tertiary/aromatic N) is 1. The number of carbonyl (C=O) groups excluding carboxylic acids is 2. The van der Waals surface area contributed by atoms with Crippen LogP contribution in [0.5, 0.6) is 5.75 Å². The molecular formula is C20H23FN2O3. The number of likely N-dealkylation sites (N-methyl/N-ethyl adjacent to an activating group) is 1. The Bertz CT molecular complexity index is 745. The largest absolute Gasteiger partial charge is 0.484 e. The molecule has 5 nitrogen and oxygen atoms in total. The summed E-state index contributed by atoms with van der Waals surface area (Å²) in [6.45, 7) is 3.60. The molecule has 0 unspecified atom stereocenters. The van der Waals surface area contributed by atoms with Crippen molar-refractivity contribution in [1.29, 1.82) is 0 Å². The van der Waals surface area contributed by atoms with Gasteiger partial charge in [0, 0.05) is 13.6 Å². The molecular weight excluding hydrogens is 335 g/mol. The van der Waals surface area contributed by atoms with E-state index in [4.69, 9.17) is 4.74 Å². The Hall–Kier alpha value is -2.89. The Balaban J connectivity index is 2.10. The first kappa shape index (κ1) is 19.4. The molecule has 0 heterocycles. The molecule has 138 valence electrons. The van der Waals surface area contributed by atoms with Gasteiger partial charge >= 0.3 is 0 Å². The summed E-state index contributed by atoms with van der Waals surface area (Å²) in [5.74, 6) is -0.381. The van der Waals surface area contributed by atoms with Gasteiger partial charge in [-0.05, 0) is 43.7 Å². The van der Waals surface area contributed by atoms with Gasteiger partial charge in [-0.3, -0.25) is 9.59 Å². The van der Waals surface area contributed by atoms with Crippen molar-refractivity contribution in [2.75, 3.05) is 13.7 Å². The van der Waals surface area contributed by atoms with Crippen LogP contribution in [0.1, 0.15) is 18.1 Å². The summed E-state index contributed by atoms with van der Waals surface area (Å²) in [4.78, 5) is 26.1. The van der Waals surface area contributed by atoms with Gasteiger partial charge in [-0.15, -0.1) is 0 Å². The van der Waals surface area contributed by atoms with Gasteiger partial charge in [-0.1, -0.05) is 29.8 Å². The van der Waals surface area contributed by atoms with Crippen LogP contribution in [0.4, 0.5) is 4.39 Å². The van der Waals surface area contributed by atoms with Crippen molar-refractivity contribution in [3.8, 4) is 5.75 Å². The van der Waals surface area contributed by atoms with E-state index in [1.54, 1.807) is 31.2 Å². The number of rotatable bonds is 7. The van der Waals surface area contributed by atoms with Crippen molar-refractivity contribution in [1.82, 2.24) is 10.2 Å². The summed E-state index contributed by atoms with van der Waals surface area (Å²) in [5.41, 5.74) is 1.82. The van der Waals surface area contributed by atoms with Crippen LogP contribution < -0.4 is 10.1 Å². The third-order valence-corrected chi connectivity index (χ3v) is 4.06. The van der Waals surface area contributed by atoms with Crippen LogP contribution in [0.2, 0.25) is 0 Å². The molecule has 0 radical (unpaired) electrons. The van der Waals surface area contributed by atoms with Gasteiger partial charge in [-0.25, -0.2) is 4.39 Å². The Kier molecular flexibility index (Phi) is 6.72. The minimum atomic E-state index is -0.681. The van der Waals surface area contributed by atoms with E-state index in [0.29, 0.717) is 5.75 Å². The van der Waals surface area contributed by atoms with Gasteiger partial charge in [0.1, 0.15) is 17.6 Å². The highest BCUT2D eigenvalue weighted by Crippen LogP contribution is 2.14. The molecule has 0 aliphatic carbocycles. The predicted molar refractivity (Wildman–Crippen MR) is 97.2 cm³/mol. The number of nitrogens with one attached hydrogen (secondary N) is 1. The van der Waals surface area contributed by atoms with Crippen LogP contribution in [-0.4, -0.2) is 36.4 Å². The maximum atomic E-state index is 13.1. The zero-order chi connectivity index (χ0) is 19.1. The Morgan fingerprint density at radius 3 is 2.31 bits per heavy atom. The van der Waals surface area contributed by atoms with Crippen LogP contribution in [0.15, 0.2) is 48.5 Å². The van der Waals surface area contributed by atoms with Crippen LogP contribution >= 0.6 is 0 Å². The fraction of sp³-hybridized carbons (Fsp3) is 0.300. The van der Waals surface area contributed by atoms with Gasteiger partial charge in [0.25, 0.3) is 5.91 Å². The van der Waals surface area contributed by atoms with Crippen molar-refractivity contribution in [3.63, 3.8) is 0 Å². The molecule has 0 fully saturated rings. The second kappa shape index (κ2) is 8.99. The molecule has 0 saturated heterocycles. The van der Waals surface area contributed by atoms with E-state index >= 15 is 0 Å². The smallest absolute Gasteiger partial charge is 0.261 e. The summed E-state index contributed by atoms with van der Waals surface area (Å²) in [7, 11) is 1.52. The van der Waals surface area contributed by atoms with E-state index in [9.17, 15) is 14.0 Å². The number of amides is 2. The van der Waals surface area contributed by atoms with Crippen molar-refractivity contribution in [2.24, 2.45) is 0 Å². The number of carbonyl (C=O) groups is 2. The Morgan fingerprint density at radius 1 is 1.12 bits per heavy atom. The van der Waals surface area contributed by atoms with Crippen LogP contribution in [0, 0.1) is 12.7 Å². The minimum Gasteiger partial charge on any atom is -0.484 e. The summed E-state index contributed by atoms with van der Waals surface area (Å²) in [6.07, 6.45) is 0. The summed E-state index contributed by atoms with van der Waals surface area (Å²) in [5, 5.41) is 2.54. The predicted octanol–water partition coefficient (Wildman–Crippen LogP) is 2.68. The van der Waals surface area contributed by atoms with E-state index in [0.717, 1.165) is 11.1 Å². The lowest BCUT2D eigenvalue weighted by Crippen LogP contribution is -2.48. The standard InChI is InChI=1S/C20H23FN2O3/c1-14-4-10-18(11-5-14)26-13-19(24)23(15(2)20(25)22-3)12-16-6-8-17(21)9-7-16/h4-11,15H,12-13H2,1-3H3,(H,22,25)/t15-/m1/s1. The normalized spacial score (nSPS) is 11.5. The van der Waals surface area contributed by atoms with Crippen molar-refractivity contribution >= 4 is 11.8 Å². The average molecular weight is 358 g/mol. The van der Waals surface area contributed by atoms with Gasteiger partial charge in [0.2, 0.25) is 5.91 Å². The summed E-state index contributed by atoms with van der Waals surface area (Å²) < 4.78 is 18.6. The molecule has 1 N–H and O–H groups in total. The van der Waals surface area contributed by atoms with Gasteiger partial charge < -0.3 is 15.0 Å². The maximum Gasteiger partial charge on any atom is 0.261 e. The SMILES string of the molecule is CNC(=O)[C@@H](C)N(Cc1ccc(F)cc1)C(=O)COc1ccc(C)cc1. The highest BCUT2D eigenvalue weighted by Gasteiger charge is 2.25. The summed E-state index contributed by atoms with van der Waals surface area (Å²) in [6, 6.07) is 12.5. The fourth-order valence-electron chi connectivity index (χ4n) is 2.44. The molecule has 6 heteroatoms. The number of hydrogen-bond acceptors (Lipinski definition) is 3. The molecule has 0 aliphatic rings. The lowest BCUT2D eigenvalue weighted by atomic mass is 10.1. The first-order chi connectivity index (χ1) is 12.4. The lowest BCUT2D eigenvalue weighted by Gasteiger charge is -2.28. The Labute approximate surface area is 152 Å². The second-order valence-corrected chi connectivity index (χ2v) is 6.04. The number of ether oxygens (including phenoxy) is 1. The molecule has 0 aromatic heterocycles. The highest BCUT2D eigenvalue weighted by atomic mass is 19.1. The third kappa shape index (κ3) is 5.31.